The molecule has 0 spiro atoms. The molecule has 0 saturated carbocycles. The molecule has 0 fully saturated rings. The first kappa shape index (κ1) is 22.6. The Bertz CT molecular complexity index is 1420. The Morgan fingerprint density at radius 3 is 2.61 bits per heavy atom. The van der Waals surface area contributed by atoms with Crippen LogP contribution < -0.4 is 5.32 Å². The molecular weight excluding hydrogens is 446 g/mol. The van der Waals surface area contributed by atoms with Gasteiger partial charge in [0.25, 0.3) is 11.8 Å². The molecule has 1 unspecified atom stereocenters. The van der Waals surface area contributed by atoms with Crippen LogP contribution in [0.25, 0.3) is 10.9 Å². The van der Waals surface area contributed by atoms with Crippen LogP contribution in [-0.2, 0) is 19.4 Å². The van der Waals surface area contributed by atoms with Crippen LogP contribution in [0.5, 0.6) is 0 Å². The SMILES string of the molecule is O=C(NCC(CN1Cc2ccccc2C1=O)c1ccccc1)c1ccc2[nH]c3c(c2c1)CCCCC3. The van der Waals surface area contributed by atoms with Crippen LogP contribution in [-0.4, -0.2) is 34.8 Å². The summed E-state index contributed by atoms with van der Waals surface area (Å²) in [7, 11) is 0. The number of hydrogen-bond donors (Lipinski definition) is 2. The molecule has 1 atom stereocenters. The first-order valence-electron chi connectivity index (χ1n) is 13.0. The molecule has 4 aromatic rings. The lowest BCUT2D eigenvalue weighted by Gasteiger charge is -2.24. The summed E-state index contributed by atoms with van der Waals surface area (Å²) in [5.74, 6) is -0.00503. The zero-order chi connectivity index (χ0) is 24.5. The van der Waals surface area contributed by atoms with Crippen molar-refractivity contribution in [3.05, 3.63) is 106 Å². The van der Waals surface area contributed by atoms with Gasteiger partial charge < -0.3 is 15.2 Å². The monoisotopic (exact) mass is 477 g/mol. The molecule has 2 N–H and O–H groups in total. The van der Waals surface area contributed by atoms with E-state index >= 15 is 0 Å². The van der Waals surface area contributed by atoms with E-state index in [1.54, 1.807) is 0 Å². The molecule has 1 aliphatic carbocycles. The normalized spacial score (nSPS) is 15.9. The average Bonchev–Trinajstić information content (AvgIpc) is 3.32. The van der Waals surface area contributed by atoms with Crippen molar-refractivity contribution < 1.29 is 9.59 Å². The van der Waals surface area contributed by atoms with E-state index in [2.05, 4.69) is 22.4 Å². The lowest BCUT2D eigenvalue weighted by Crippen LogP contribution is -2.36. The number of hydrogen-bond acceptors (Lipinski definition) is 2. The van der Waals surface area contributed by atoms with Crippen molar-refractivity contribution in [1.82, 2.24) is 15.2 Å². The Kier molecular flexibility index (Phi) is 6.06. The summed E-state index contributed by atoms with van der Waals surface area (Å²) >= 11 is 0. The van der Waals surface area contributed by atoms with Crippen LogP contribution in [0.2, 0.25) is 0 Å². The van der Waals surface area contributed by atoms with Crippen molar-refractivity contribution in [2.24, 2.45) is 0 Å². The molecule has 1 aromatic heterocycles. The molecule has 0 radical (unpaired) electrons. The van der Waals surface area contributed by atoms with Gasteiger partial charge in [0.2, 0.25) is 0 Å². The van der Waals surface area contributed by atoms with Crippen molar-refractivity contribution in [2.45, 2.75) is 44.6 Å². The molecule has 0 saturated heterocycles. The lowest BCUT2D eigenvalue weighted by atomic mass is 9.98. The van der Waals surface area contributed by atoms with Gasteiger partial charge in [-0.1, -0.05) is 55.0 Å². The van der Waals surface area contributed by atoms with Gasteiger partial charge in [0.1, 0.15) is 0 Å². The van der Waals surface area contributed by atoms with E-state index in [1.165, 1.54) is 35.9 Å². The molecule has 2 aliphatic rings. The average molecular weight is 478 g/mol. The van der Waals surface area contributed by atoms with Crippen molar-refractivity contribution in [1.29, 1.82) is 0 Å². The standard InChI is InChI=1S/C31H31N3O2/c35-30(22-15-16-29-27(17-22)26-13-5-2-6-14-28(26)33-29)32-18-24(21-9-3-1-4-10-21)20-34-19-23-11-7-8-12-25(23)31(34)36/h1,3-4,7-12,15-17,24,33H,2,5-6,13-14,18-20H2,(H,32,35). The molecular formula is C31H31N3O2. The Hall–Kier alpha value is -3.86. The largest absolute Gasteiger partial charge is 0.358 e. The maximum Gasteiger partial charge on any atom is 0.254 e. The van der Waals surface area contributed by atoms with E-state index in [4.69, 9.17) is 0 Å². The summed E-state index contributed by atoms with van der Waals surface area (Å²) in [5.41, 5.74) is 7.49. The Morgan fingerprint density at radius 2 is 1.75 bits per heavy atom. The molecule has 6 rings (SSSR count). The summed E-state index contributed by atoms with van der Waals surface area (Å²) in [6.45, 7) is 1.63. The van der Waals surface area contributed by atoms with Crippen molar-refractivity contribution >= 4 is 22.7 Å². The van der Waals surface area contributed by atoms with E-state index < -0.39 is 0 Å². The maximum atomic E-state index is 13.3. The number of carbonyl (C=O) groups is 2. The van der Waals surface area contributed by atoms with Gasteiger partial charge >= 0.3 is 0 Å². The van der Waals surface area contributed by atoms with Crippen LogP contribution in [0.4, 0.5) is 0 Å². The number of nitrogens with one attached hydrogen (secondary N) is 2. The Morgan fingerprint density at radius 1 is 0.944 bits per heavy atom. The summed E-state index contributed by atoms with van der Waals surface area (Å²) < 4.78 is 0. The first-order valence-corrected chi connectivity index (χ1v) is 13.0. The van der Waals surface area contributed by atoms with E-state index in [0.717, 1.165) is 35.0 Å². The molecule has 2 heterocycles. The summed E-state index contributed by atoms with van der Waals surface area (Å²) in [6.07, 6.45) is 5.84. The highest BCUT2D eigenvalue weighted by atomic mass is 16.2. The number of rotatable bonds is 6. The number of benzene rings is 3. The van der Waals surface area contributed by atoms with E-state index in [9.17, 15) is 9.59 Å². The van der Waals surface area contributed by atoms with Crippen LogP contribution >= 0.6 is 0 Å². The highest BCUT2D eigenvalue weighted by Gasteiger charge is 2.29. The predicted octanol–water partition coefficient (Wildman–Crippen LogP) is 5.61. The number of amides is 2. The van der Waals surface area contributed by atoms with Gasteiger partial charge in [-0.2, -0.15) is 0 Å². The zero-order valence-corrected chi connectivity index (χ0v) is 20.4. The van der Waals surface area contributed by atoms with Gasteiger partial charge in [0, 0.05) is 53.3 Å². The van der Waals surface area contributed by atoms with Gasteiger partial charge in [0.15, 0.2) is 0 Å². The maximum absolute atomic E-state index is 13.3. The smallest absolute Gasteiger partial charge is 0.254 e. The fourth-order valence-corrected chi connectivity index (χ4v) is 5.78. The van der Waals surface area contributed by atoms with E-state index in [-0.39, 0.29) is 17.7 Å². The molecule has 36 heavy (non-hydrogen) atoms. The third-order valence-electron chi connectivity index (χ3n) is 7.73. The Labute approximate surface area is 211 Å². The van der Waals surface area contributed by atoms with Gasteiger partial charge in [-0.3, -0.25) is 9.59 Å². The van der Waals surface area contributed by atoms with Crippen molar-refractivity contribution in [2.75, 3.05) is 13.1 Å². The molecule has 2 amide bonds. The van der Waals surface area contributed by atoms with Crippen LogP contribution in [0.1, 0.15) is 68.3 Å². The highest BCUT2D eigenvalue weighted by molar-refractivity contribution is 5.99. The predicted molar refractivity (Wildman–Crippen MR) is 142 cm³/mol. The van der Waals surface area contributed by atoms with Gasteiger partial charge in [-0.05, 0) is 66.6 Å². The molecule has 5 heteroatoms. The quantitative estimate of drug-likeness (QED) is 0.355. The van der Waals surface area contributed by atoms with Crippen LogP contribution in [0, 0.1) is 0 Å². The number of H-pyrrole nitrogens is 1. The second-order valence-electron chi connectivity index (χ2n) is 10.1. The van der Waals surface area contributed by atoms with Gasteiger partial charge in [0.05, 0.1) is 0 Å². The van der Waals surface area contributed by atoms with Crippen molar-refractivity contribution in [3.8, 4) is 0 Å². The van der Waals surface area contributed by atoms with Crippen LogP contribution in [0.15, 0.2) is 72.8 Å². The lowest BCUT2D eigenvalue weighted by molar-refractivity contribution is 0.0767. The third kappa shape index (κ3) is 4.30. The number of aromatic nitrogens is 1. The molecule has 1 aliphatic heterocycles. The molecule has 0 bridgehead atoms. The minimum atomic E-state index is -0.0718. The minimum absolute atomic E-state index is 0.000624. The molecule has 182 valence electrons. The number of carbonyl (C=O) groups excluding carboxylic acids is 2. The molecule has 5 nitrogen and oxygen atoms in total. The second kappa shape index (κ2) is 9.65. The summed E-state index contributed by atoms with van der Waals surface area (Å²) in [6, 6.07) is 24.0. The fourth-order valence-electron chi connectivity index (χ4n) is 5.78. The number of nitrogens with zero attached hydrogens (tertiary/aromatic N) is 1. The van der Waals surface area contributed by atoms with E-state index in [1.807, 2.05) is 65.6 Å². The second-order valence-corrected chi connectivity index (χ2v) is 10.1. The third-order valence-corrected chi connectivity index (χ3v) is 7.73. The number of aryl methyl sites for hydroxylation is 2. The fraction of sp³-hybridized carbons (Fsp3) is 0.290. The number of fused-ring (bicyclic) bond motifs is 4. The Balaban J connectivity index is 1.20. The topological polar surface area (TPSA) is 65.2 Å². The number of aromatic amines is 1. The first-order chi connectivity index (χ1) is 17.7. The van der Waals surface area contributed by atoms with Gasteiger partial charge in [-0.15, -0.1) is 0 Å². The minimum Gasteiger partial charge on any atom is -0.358 e. The van der Waals surface area contributed by atoms with E-state index in [0.29, 0.717) is 25.2 Å². The molecule has 3 aromatic carbocycles. The van der Waals surface area contributed by atoms with Gasteiger partial charge in [-0.25, -0.2) is 0 Å². The highest BCUT2D eigenvalue weighted by Crippen LogP contribution is 2.30. The zero-order valence-electron chi connectivity index (χ0n) is 20.4. The summed E-state index contributed by atoms with van der Waals surface area (Å²) in [4.78, 5) is 31.7. The van der Waals surface area contributed by atoms with Crippen LogP contribution in [0.3, 0.4) is 0 Å². The summed E-state index contributed by atoms with van der Waals surface area (Å²) in [5, 5.41) is 4.35. The van der Waals surface area contributed by atoms with Crippen molar-refractivity contribution in [3.63, 3.8) is 0 Å².